The lowest BCUT2D eigenvalue weighted by atomic mass is 10.2. The SMILES string of the molecule is C=C(C#N)/C=C(/OC)C(=C)C. The van der Waals surface area contributed by atoms with Crippen molar-refractivity contribution in [2.75, 3.05) is 7.11 Å². The second-order valence-corrected chi connectivity index (χ2v) is 2.13. The Morgan fingerprint density at radius 3 is 2.36 bits per heavy atom. The van der Waals surface area contributed by atoms with Crippen LogP contribution in [0.15, 0.2) is 36.1 Å². The van der Waals surface area contributed by atoms with E-state index in [2.05, 4.69) is 13.2 Å². The average Bonchev–Trinajstić information content (AvgIpc) is 1.99. The maximum atomic E-state index is 8.38. The number of allylic oxidation sites excluding steroid dienone is 3. The minimum absolute atomic E-state index is 0.366. The molecular formula is C9H11NO. The minimum atomic E-state index is 0.366. The standard InChI is InChI=1S/C9H11NO/c1-7(2)9(11-4)5-8(3)6-10/h5H,1,3H2,2,4H3/b9-5+. The lowest BCUT2D eigenvalue weighted by Crippen LogP contribution is -1.87. The quantitative estimate of drug-likeness (QED) is 0.350. The van der Waals surface area contributed by atoms with Gasteiger partial charge in [0.05, 0.1) is 13.2 Å². The third-order valence-corrected chi connectivity index (χ3v) is 1.09. The molecule has 0 radical (unpaired) electrons. The molecule has 58 valence electrons. The molecule has 0 fully saturated rings. The zero-order valence-corrected chi connectivity index (χ0v) is 6.85. The summed E-state index contributed by atoms with van der Waals surface area (Å²) in [6.07, 6.45) is 1.56. The van der Waals surface area contributed by atoms with Crippen LogP contribution in [0.5, 0.6) is 0 Å². The number of ether oxygens (including phenoxy) is 1. The number of rotatable bonds is 3. The van der Waals surface area contributed by atoms with Gasteiger partial charge < -0.3 is 4.74 Å². The zero-order chi connectivity index (χ0) is 8.85. The fraction of sp³-hybridized carbons (Fsp3) is 0.222. The molecule has 11 heavy (non-hydrogen) atoms. The molecule has 0 aliphatic heterocycles. The highest BCUT2D eigenvalue weighted by molar-refractivity contribution is 5.36. The van der Waals surface area contributed by atoms with E-state index in [0.717, 1.165) is 5.57 Å². The molecule has 0 aromatic carbocycles. The van der Waals surface area contributed by atoms with Gasteiger partial charge in [-0.25, -0.2) is 0 Å². The van der Waals surface area contributed by atoms with Gasteiger partial charge in [-0.05, 0) is 18.6 Å². The Bertz CT molecular complexity index is 243. The fourth-order valence-electron chi connectivity index (χ4n) is 0.547. The van der Waals surface area contributed by atoms with E-state index >= 15 is 0 Å². The molecule has 0 aromatic rings. The first kappa shape index (κ1) is 9.51. The van der Waals surface area contributed by atoms with Crippen LogP contribution in [-0.4, -0.2) is 7.11 Å². The zero-order valence-electron chi connectivity index (χ0n) is 6.85. The molecule has 0 unspecified atom stereocenters. The Morgan fingerprint density at radius 2 is 2.09 bits per heavy atom. The fourth-order valence-corrected chi connectivity index (χ4v) is 0.547. The van der Waals surface area contributed by atoms with Crippen LogP contribution < -0.4 is 0 Å². The van der Waals surface area contributed by atoms with Crippen LogP contribution >= 0.6 is 0 Å². The van der Waals surface area contributed by atoms with E-state index in [-0.39, 0.29) is 0 Å². The van der Waals surface area contributed by atoms with Gasteiger partial charge in [0.15, 0.2) is 0 Å². The van der Waals surface area contributed by atoms with Crippen LogP contribution in [0, 0.1) is 11.3 Å². The van der Waals surface area contributed by atoms with Crippen molar-refractivity contribution in [2.24, 2.45) is 0 Å². The molecular weight excluding hydrogens is 138 g/mol. The monoisotopic (exact) mass is 149 g/mol. The van der Waals surface area contributed by atoms with Gasteiger partial charge in [0, 0.05) is 5.57 Å². The van der Waals surface area contributed by atoms with E-state index in [1.165, 1.54) is 7.11 Å². The van der Waals surface area contributed by atoms with E-state index in [1.54, 1.807) is 13.0 Å². The normalized spacial score (nSPS) is 10.1. The van der Waals surface area contributed by atoms with Gasteiger partial charge >= 0.3 is 0 Å². The summed E-state index contributed by atoms with van der Waals surface area (Å²) in [6.45, 7) is 8.96. The predicted molar refractivity (Wildman–Crippen MR) is 44.7 cm³/mol. The van der Waals surface area contributed by atoms with Gasteiger partial charge in [-0.1, -0.05) is 13.2 Å². The van der Waals surface area contributed by atoms with E-state index in [1.807, 2.05) is 6.07 Å². The summed E-state index contributed by atoms with van der Waals surface area (Å²) in [7, 11) is 1.53. The van der Waals surface area contributed by atoms with Crippen LogP contribution in [0.4, 0.5) is 0 Å². The summed E-state index contributed by atoms with van der Waals surface area (Å²) in [4.78, 5) is 0. The predicted octanol–water partition coefficient (Wildman–Crippen LogP) is 2.17. The molecule has 0 aliphatic rings. The molecule has 0 rings (SSSR count). The maximum Gasteiger partial charge on any atom is 0.122 e. The highest BCUT2D eigenvalue weighted by Gasteiger charge is 1.96. The van der Waals surface area contributed by atoms with Crippen molar-refractivity contribution in [3.05, 3.63) is 36.1 Å². The topological polar surface area (TPSA) is 33.0 Å². The van der Waals surface area contributed by atoms with Gasteiger partial charge in [0.2, 0.25) is 0 Å². The van der Waals surface area contributed by atoms with Crippen molar-refractivity contribution in [3.63, 3.8) is 0 Å². The third kappa shape index (κ3) is 3.27. The third-order valence-electron chi connectivity index (χ3n) is 1.09. The summed E-state index contributed by atoms with van der Waals surface area (Å²) in [5.41, 5.74) is 1.15. The molecule has 0 atom stereocenters. The van der Waals surface area contributed by atoms with E-state index in [4.69, 9.17) is 10.00 Å². The average molecular weight is 149 g/mol. The Kier molecular flexibility index (Phi) is 3.76. The highest BCUT2D eigenvalue weighted by Crippen LogP contribution is 2.09. The van der Waals surface area contributed by atoms with Crippen LogP contribution in [-0.2, 0) is 4.74 Å². The number of hydrogen-bond donors (Lipinski definition) is 0. The van der Waals surface area contributed by atoms with Crippen LogP contribution in [0.3, 0.4) is 0 Å². The first-order chi connectivity index (χ1) is 5.11. The molecule has 0 heterocycles. The molecule has 0 aromatic heterocycles. The number of nitriles is 1. The molecule has 0 spiro atoms. The molecule has 0 amide bonds. The summed E-state index contributed by atoms with van der Waals surface area (Å²) in [5, 5.41) is 8.38. The lowest BCUT2D eigenvalue weighted by molar-refractivity contribution is 0.301. The molecule has 0 aliphatic carbocycles. The van der Waals surface area contributed by atoms with Gasteiger partial charge in [-0.3, -0.25) is 0 Å². The molecule has 0 saturated carbocycles. The lowest BCUT2D eigenvalue weighted by Gasteiger charge is -2.02. The maximum absolute atomic E-state index is 8.38. The van der Waals surface area contributed by atoms with Gasteiger partial charge in [-0.15, -0.1) is 0 Å². The molecule has 2 heteroatoms. The Balaban J connectivity index is 4.52. The highest BCUT2D eigenvalue weighted by atomic mass is 16.5. The smallest absolute Gasteiger partial charge is 0.122 e. The van der Waals surface area contributed by atoms with Gasteiger partial charge in [0.25, 0.3) is 0 Å². The van der Waals surface area contributed by atoms with E-state index in [0.29, 0.717) is 11.3 Å². The van der Waals surface area contributed by atoms with E-state index in [9.17, 15) is 0 Å². The molecule has 0 N–H and O–H groups in total. The largest absolute Gasteiger partial charge is 0.496 e. The number of nitrogens with zero attached hydrogens (tertiary/aromatic N) is 1. The second-order valence-electron chi connectivity index (χ2n) is 2.13. The van der Waals surface area contributed by atoms with Crippen LogP contribution in [0.1, 0.15) is 6.92 Å². The van der Waals surface area contributed by atoms with E-state index < -0.39 is 0 Å². The Morgan fingerprint density at radius 1 is 1.55 bits per heavy atom. The summed E-state index contributed by atoms with van der Waals surface area (Å²) in [6, 6.07) is 1.89. The molecule has 2 nitrogen and oxygen atoms in total. The van der Waals surface area contributed by atoms with Crippen molar-refractivity contribution in [1.29, 1.82) is 5.26 Å². The Hall–Kier alpha value is -1.49. The van der Waals surface area contributed by atoms with Crippen LogP contribution in [0.2, 0.25) is 0 Å². The summed E-state index contributed by atoms with van der Waals surface area (Å²) < 4.78 is 4.93. The van der Waals surface area contributed by atoms with Gasteiger partial charge in [-0.2, -0.15) is 5.26 Å². The first-order valence-electron chi connectivity index (χ1n) is 3.12. The van der Waals surface area contributed by atoms with Crippen molar-refractivity contribution in [3.8, 4) is 6.07 Å². The van der Waals surface area contributed by atoms with Crippen molar-refractivity contribution in [1.82, 2.24) is 0 Å². The summed E-state index contributed by atoms with van der Waals surface area (Å²) >= 11 is 0. The van der Waals surface area contributed by atoms with Crippen LogP contribution in [0.25, 0.3) is 0 Å². The Labute approximate surface area is 67.1 Å². The van der Waals surface area contributed by atoms with Crippen molar-refractivity contribution >= 4 is 0 Å². The minimum Gasteiger partial charge on any atom is -0.496 e. The van der Waals surface area contributed by atoms with Crippen molar-refractivity contribution in [2.45, 2.75) is 6.92 Å². The van der Waals surface area contributed by atoms with Crippen molar-refractivity contribution < 1.29 is 4.74 Å². The van der Waals surface area contributed by atoms with Gasteiger partial charge in [0.1, 0.15) is 5.76 Å². The molecule has 0 saturated heterocycles. The number of hydrogen-bond acceptors (Lipinski definition) is 2. The summed E-state index contributed by atoms with van der Waals surface area (Å²) in [5.74, 6) is 0.594. The first-order valence-corrected chi connectivity index (χ1v) is 3.12. The second kappa shape index (κ2) is 4.35. The number of methoxy groups -OCH3 is 1. The molecule has 0 bridgehead atoms.